The van der Waals surface area contributed by atoms with Crippen LogP contribution in [0.5, 0.6) is 0 Å². The van der Waals surface area contributed by atoms with Gasteiger partial charge in [0.1, 0.15) is 23.7 Å². The van der Waals surface area contributed by atoms with Gasteiger partial charge >= 0.3 is 18.3 Å². The number of alkyl carbamates (subject to hydrolysis) is 2. The van der Waals surface area contributed by atoms with Gasteiger partial charge in [0.15, 0.2) is 11.4 Å². The van der Waals surface area contributed by atoms with Gasteiger partial charge in [-0.15, -0.1) is 0 Å². The van der Waals surface area contributed by atoms with Gasteiger partial charge in [0.2, 0.25) is 0 Å². The molecule has 2 aliphatic rings. The summed E-state index contributed by atoms with van der Waals surface area (Å²) in [6.45, 7) is 11.0. The summed E-state index contributed by atoms with van der Waals surface area (Å²) in [4.78, 5) is 46.2. The molecule has 2 saturated heterocycles. The average Bonchev–Trinajstić information content (AvgIpc) is 3.32. The summed E-state index contributed by atoms with van der Waals surface area (Å²) in [7, 11) is 0. The largest absolute Gasteiger partial charge is 0.548 e. The SMILES string of the molecule is CC(C)(C)OC(=O)NCCOCCC1(O)CCC(O)N1OC(=O)ON1C(O)CCC1(O)CCOCCNC(=O)OC(C)(C)C. The summed E-state index contributed by atoms with van der Waals surface area (Å²) >= 11 is 0. The predicted molar refractivity (Wildman–Crippen MR) is 151 cm³/mol. The van der Waals surface area contributed by atoms with Crippen LogP contribution in [0.1, 0.15) is 80.1 Å². The minimum atomic E-state index is -1.78. The van der Waals surface area contributed by atoms with E-state index in [0.29, 0.717) is 10.1 Å². The first-order valence-corrected chi connectivity index (χ1v) is 14.7. The number of amides is 2. The van der Waals surface area contributed by atoms with Gasteiger partial charge in [-0.05, 0) is 67.2 Å². The first-order chi connectivity index (χ1) is 20.3. The van der Waals surface area contributed by atoms with E-state index in [0.717, 1.165) is 0 Å². The number of hydrogen-bond acceptors (Lipinski definition) is 15. The van der Waals surface area contributed by atoms with Gasteiger partial charge in [-0.2, -0.15) is 4.79 Å². The number of nitrogens with one attached hydrogen (secondary N) is 2. The molecule has 0 aromatic heterocycles. The number of nitrogens with zero attached hydrogens (tertiary/aromatic N) is 2. The third kappa shape index (κ3) is 12.8. The molecule has 0 aliphatic carbocycles. The smallest absolute Gasteiger partial charge is 0.444 e. The van der Waals surface area contributed by atoms with Crippen LogP contribution in [0, 0.1) is 0 Å². The van der Waals surface area contributed by atoms with E-state index >= 15 is 0 Å². The minimum Gasteiger partial charge on any atom is -0.444 e. The number of rotatable bonds is 14. The third-order valence-corrected chi connectivity index (χ3v) is 6.44. The van der Waals surface area contributed by atoms with Gasteiger partial charge in [0.25, 0.3) is 0 Å². The van der Waals surface area contributed by atoms with Gasteiger partial charge in [-0.25, -0.2) is 9.59 Å². The maximum atomic E-state index is 12.6. The molecule has 4 atom stereocenters. The van der Waals surface area contributed by atoms with E-state index in [1.165, 1.54) is 0 Å². The van der Waals surface area contributed by atoms with E-state index in [1.807, 2.05) is 0 Å². The first-order valence-electron chi connectivity index (χ1n) is 14.7. The minimum absolute atomic E-state index is 0.00596. The van der Waals surface area contributed by atoms with Crippen molar-refractivity contribution in [1.82, 2.24) is 20.8 Å². The van der Waals surface area contributed by atoms with Gasteiger partial charge in [-0.1, -0.05) is 10.1 Å². The van der Waals surface area contributed by atoms with Gasteiger partial charge in [0.05, 0.1) is 26.4 Å². The zero-order valence-electron chi connectivity index (χ0n) is 26.5. The van der Waals surface area contributed by atoms with Crippen molar-refractivity contribution >= 4 is 18.3 Å². The highest BCUT2D eigenvalue weighted by Crippen LogP contribution is 2.36. The van der Waals surface area contributed by atoms with Crippen molar-refractivity contribution in [2.75, 3.05) is 39.5 Å². The summed E-state index contributed by atoms with van der Waals surface area (Å²) in [5.74, 6) is 0. The van der Waals surface area contributed by atoms with Gasteiger partial charge < -0.3 is 59.7 Å². The molecule has 2 rings (SSSR count). The van der Waals surface area contributed by atoms with Crippen LogP contribution in [0.25, 0.3) is 0 Å². The summed E-state index contributed by atoms with van der Waals surface area (Å²) < 4.78 is 21.1. The fourth-order valence-electron chi connectivity index (χ4n) is 4.42. The molecule has 2 aliphatic heterocycles. The van der Waals surface area contributed by atoms with Crippen LogP contribution in [-0.4, -0.2) is 124 Å². The monoisotopic (exact) mass is 638 g/mol. The van der Waals surface area contributed by atoms with Crippen molar-refractivity contribution in [2.45, 2.75) is 115 Å². The fourth-order valence-corrected chi connectivity index (χ4v) is 4.42. The molecule has 256 valence electrons. The quantitative estimate of drug-likeness (QED) is 0.146. The number of carbonyl (C=O) groups excluding carboxylic acids is 3. The predicted octanol–water partition coefficient (Wildman–Crippen LogP) is 1.04. The van der Waals surface area contributed by atoms with E-state index in [9.17, 15) is 34.8 Å². The van der Waals surface area contributed by atoms with E-state index in [-0.39, 0.29) is 78.0 Å². The lowest BCUT2D eigenvalue weighted by atomic mass is 10.1. The Morgan fingerprint density at radius 3 is 1.41 bits per heavy atom. The van der Waals surface area contributed by atoms with Crippen LogP contribution in [0.3, 0.4) is 0 Å². The van der Waals surface area contributed by atoms with Crippen molar-refractivity contribution in [1.29, 1.82) is 0 Å². The van der Waals surface area contributed by atoms with Crippen molar-refractivity contribution in [3.63, 3.8) is 0 Å². The van der Waals surface area contributed by atoms with Crippen molar-refractivity contribution in [2.24, 2.45) is 0 Å². The first kappa shape index (κ1) is 37.7. The normalized spacial score (nSPS) is 26.3. The molecular formula is C27H50N4O13. The van der Waals surface area contributed by atoms with Gasteiger partial charge in [-0.3, -0.25) is 0 Å². The average molecular weight is 639 g/mol. The van der Waals surface area contributed by atoms with E-state index in [2.05, 4.69) is 10.6 Å². The third-order valence-electron chi connectivity index (χ3n) is 6.44. The molecular weight excluding hydrogens is 588 g/mol. The van der Waals surface area contributed by atoms with Crippen LogP contribution in [0.4, 0.5) is 14.4 Å². The lowest BCUT2D eigenvalue weighted by Gasteiger charge is -2.35. The highest BCUT2D eigenvalue weighted by molar-refractivity contribution is 5.67. The molecule has 0 aromatic rings. The summed E-state index contributed by atoms with van der Waals surface area (Å²) in [6.07, 6.45) is -5.10. The zero-order chi connectivity index (χ0) is 33.2. The number of aliphatic hydroxyl groups excluding tert-OH is 2. The summed E-state index contributed by atoms with van der Waals surface area (Å²) in [5, 5.41) is 49.2. The molecule has 2 amide bonds. The van der Waals surface area contributed by atoms with Crippen molar-refractivity contribution < 1.29 is 63.4 Å². The fraction of sp³-hybridized carbons (Fsp3) is 0.889. The Bertz CT molecular complexity index is 872. The van der Waals surface area contributed by atoms with Crippen LogP contribution in [0.15, 0.2) is 0 Å². The van der Waals surface area contributed by atoms with Crippen LogP contribution >= 0.6 is 0 Å². The number of hydrogen-bond donors (Lipinski definition) is 6. The number of ether oxygens (including phenoxy) is 4. The molecule has 0 bridgehead atoms. The maximum Gasteiger partial charge on any atom is 0.548 e. The molecule has 0 saturated carbocycles. The zero-order valence-corrected chi connectivity index (χ0v) is 26.5. The van der Waals surface area contributed by atoms with Crippen LogP contribution in [-0.2, 0) is 28.6 Å². The van der Waals surface area contributed by atoms with Crippen LogP contribution < -0.4 is 10.6 Å². The molecule has 6 N–H and O–H groups in total. The second-order valence-corrected chi connectivity index (χ2v) is 12.7. The Morgan fingerprint density at radius 1 is 0.705 bits per heavy atom. The topological polar surface area (TPSA) is 218 Å². The summed E-state index contributed by atoms with van der Waals surface area (Å²) in [5.41, 5.74) is -4.83. The Balaban J connectivity index is 1.77. The van der Waals surface area contributed by atoms with E-state index in [4.69, 9.17) is 28.6 Å². The highest BCUT2D eigenvalue weighted by Gasteiger charge is 2.50. The Labute approximate surface area is 257 Å². The molecule has 17 nitrogen and oxygen atoms in total. The number of hydroxylamine groups is 4. The Hall–Kier alpha value is -2.51. The van der Waals surface area contributed by atoms with Gasteiger partial charge in [0, 0.05) is 25.9 Å². The lowest BCUT2D eigenvalue weighted by Crippen LogP contribution is -2.52. The maximum absolute atomic E-state index is 12.6. The van der Waals surface area contributed by atoms with E-state index in [1.54, 1.807) is 41.5 Å². The number of aliphatic hydroxyl groups is 4. The van der Waals surface area contributed by atoms with E-state index < -0.39 is 53.4 Å². The van der Waals surface area contributed by atoms with Crippen molar-refractivity contribution in [3.8, 4) is 0 Å². The molecule has 4 unspecified atom stereocenters. The highest BCUT2D eigenvalue weighted by atomic mass is 16.9. The summed E-state index contributed by atoms with van der Waals surface area (Å²) in [6, 6.07) is 0. The molecule has 0 radical (unpaired) electrons. The lowest BCUT2D eigenvalue weighted by molar-refractivity contribution is -0.337. The van der Waals surface area contributed by atoms with Crippen molar-refractivity contribution in [3.05, 3.63) is 0 Å². The second kappa shape index (κ2) is 16.2. The molecule has 0 aromatic carbocycles. The Morgan fingerprint density at radius 2 is 1.07 bits per heavy atom. The van der Waals surface area contributed by atoms with Crippen LogP contribution in [0.2, 0.25) is 0 Å². The molecule has 2 heterocycles. The standard InChI is InChI=1S/C27H50N4O13/c1-24(2,3)41-21(34)28-13-17-39-15-11-26(37)9-7-19(32)30(26)43-23(36)44-31-20(33)8-10-27(31,38)12-16-40-18-14-29-22(35)42-25(4,5)6/h19-20,32-33,37-38H,7-18H2,1-6H3,(H,28,34)(H,29,35). The molecule has 44 heavy (non-hydrogen) atoms. The number of carbonyl (C=O) groups is 3. The molecule has 17 heteroatoms. The molecule has 2 fully saturated rings. The Kier molecular flexibility index (Phi) is 13.8. The second-order valence-electron chi connectivity index (χ2n) is 12.7. The molecule has 0 spiro atoms.